The minimum absolute atomic E-state index is 0.0684. The molecule has 2 heterocycles. The molecule has 0 unspecified atom stereocenters. The second-order valence-electron chi connectivity index (χ2n) is 5.85. The molecule has 142 valence electrons. The first-order valence-electron chi connectivity index (χ1n) is 8.33. The van der Waals surface area contributed by atoms with E-state index in [1.54, 1.807) is 16.8 Å². The van der Waals surface area contributed by atoms with Gasteiger partial charge in [-0.2, -0.15) is 4.68 Å². The summed E-state index contributed by atoms with van der Waals surface area (Å²) in [6.45, 7) is 1.51. The number of rotatable bonds is 6. The summed E-state index contributed by atoms with van der Waals surface area (Å²) < 4.78 is 12.2. The van der Waals surface area contributed by atoms with E-state index in [2.05, 4.69) is 20.8 Å². The van der Waals surface area contributed by atoms with Crippen molar-refractivity contribution in [3.8, 4) is 17.2 Å². The molecule has 28 heavy (non-hydrogen) atoms. The Labute approximate surface area is 164 Å². The molecule has 9 nitrogen and oxygen atoms in total. The van der Waals surface area contributed by atoms with E-state index in [1.807, 2.05) is 30.3 Å². The van der Waals surface area contributed by atoms with Gasteiger partial charge in [-0.1, -0.05) is 30.0 Å². The second kappa shape index (κ2) is 7.69. The zero-order chi connectivity index (χ0) is 19.5. The fourth-order valence-electron chi connectivity index (χ4n) is 2.65. The number of benzene rings is 2. The van der Waals surface area contributed by atoms with E-state index in [0.29, 0.717) is 27.9 Å². The molecule has 2 aromatic carbocycles. The first kappa shape index (κ1) is 18.0. The first-order chi connectivity index (χ1) is 13.6. The zero-order valence-corrected chi connectivity index (χ0v) is 15.6. The number of para-hydroxylation sites is 1. The van der Waals surface area contributed by atoms with E-state index in [-0.39, 0.29) is 24.2 Å². The lowest BCUT2D eigenvalue weighted by molar-refractivity contribution is -0.113. The number of nitrogens with one attached hydrogen (secondary N) is 1. The molecule has 0 spiro atoms. The van der Waals surface area contributed by atoms with E-state index >= 15 is 0 Å². The molecular weight excluding hydrogens is 382 g/mol. The van der Waals surface area contributed by atoms with Gasteiger partial charge in [0.15, 0.2) is 17.3 Å². The smallest absolute Gasteiger partial charge is 0.234 e. The van der Waals surface area contributed by atoms with Gasteiger partial charge in [-0.25, -0.2) is 0 Å². The van der Waals surface area contributed by atoms with Gasteiger partial charge in [0, 0.05) is 11.6 Å². The molecule has 0 atom stereocenters. The van der Waals surface area contributed by atoms with Gasteiger partial charge in [0.1, 0.15) is 0 Å². The van der Waals surface area contributed by atoms with Crippen molar-refractivity contribution in [2.45, 2.75) is 12.1 Å². The summed E-state index contributed by atoms with van der Waals surface area (Å²) in [7, 11) is 0. The van der Waals surface area contributed by atoms with Crippen LogP contribution in [0.3, 0.4) is 0 Å². The molecule has 0 radical (unpaired) electrons. The number of carbonyl (C=O) groups is 2. The number of Topliss-reactive ketones (excluding diaryl/α,β-unsaturated/α-hetero) is 1. The van der Waals surface area contributed by atoms with Crippen LogP contribution in [0.4, 0.5) is 5.69 Å². The van der Waals surface area contributed by atoms with Gasteiger partial charge >= 0.3 is 0 Å². The number of ether oxygens (including phenoxy) is 2. The maximum absolute atomic E-state index is 12.4. The number of tetrazole rings is 1. The van der Waals surface area contributed by atoms with Crippen LogP contribution in [0.5, 0.6) is 11.5 Å². The van der Waals surface area contributed by atoms with Crippen LogP contribution < -0.4 is 14.8 Å². The third kappa shape index (κ3) is 3.67. The summed E-state index contributed by atoms with van der Waals surface area (Å²) in [5.41, 5.74) is 1.53. The number of hydrogen-bond donors (Lipinski definition) is 1. The van der Waals surface area contributed by atoms with Crippen molar-refractivity contribution >= 4 is 29.1 Å². The number of anilines is 1. The summed E-state index contributed by atoms with van der Waals surface area (Å²) >= 11 is 1.19. The number of fused-ring (bicyclic) bond motifs is 1. The monoisotopic (exact) mass is 397 g/mol. The predicted octanol–water partition coefficient (Wildman–Crippen LogP) is 2.32. The topological polar surface area (TPSA) is 108 Å². The molecule has 0 saturated heterocycles. The summed E-state index contributed by atoms with van der Waals surface area (Å²) in [5.74, 6) is 0.558. The van der Waals surface area contributed by atoms with Gasteiger partial charge in [-0.05, 0) is 35.5 Å². The molecule has 1 aliphatic heterocycles. The molecule has 1 aliphatic rings. The van der Waals surface area contributed by atoms with Crippen molar-refractivity contribution in [3.05, 3.63) is 48.0 Å². The second-order valence-corrected chi connectivity index (χ2v) is 6.80. The molecule has 1 aromatic heterocycles. The largest absolute Gasteiger partial charge is 0.454 e. The van der Waals surface area contributed by atoms with Crippen LogP contribution in [0.1, 0.15) is 17.3 Å². The van der Waals surface area contributed by atoms with Crippen LogP contribution in [0, 0.1) is 0 Å². The van der Waals surface area contributed by atoms with Gasteiger partial charge in [0.25, 0.3) is 0 Å². The molecule has 0 fully saturated rings. The highest BCUT2D eigenvalue weighted by Crippen LogP contribution is 2.37. The average Bonchev–Trinajstić information content (AvgIpc) is 3.35. The Hall–Kier alpha value is -3.40. The van der Waals surface area contributed by atoms with Crippen molar-refractivity contribution < 1.29 is 19.1 Å². The molecule has 0 aliphatic carbocycles. The zero-order valence-electron chi connectivity index (χ0n) is 14.8. The Morgan fingerprint density at radius 3 is 2.68 bits per heavy atom. The predicted molar refractivity (Wildman–Crippen MR) is 101 cm³/mol. The van der Waals surface area contributed by atoms with Crippen LogP contribution in [0.25, 0.3) is 5.69 Å². The third-order valence-corrected chi connectivity index (χ3v) is 4.86. The minimum Gasteiger partial charge on any atom is -0.454 e. The summed E-state index contributed by atoms with van der Waals surface area (Å²) in [6, 6.07) is 12.5. The lowest BCUT2D eigenvalue weighted by Crippen LogP contribution is -2.16. The Bertz CT molecular complexity index is 1040. The number of carbonyl (C=O) groups excluding carboxylic acids is 2. The van der Waals surface area contributed by atoms with Crippen molar-refractivity contribution in [3.63, 3.8) is 0 Å². The number of nitrogens with zero attached hydrogens (tertiary/aromatic N) is 4. The van der Waals surface area contributed by atoms with Crippen LogP contribution in [0.2, 0.25) is 0 Å². The molecule has 1 amide bonds. The molecule has 1 N–H and O–H groups in total. The van der Waals surface area contributed by atoms with Crippen LogP contribution in [-0.4, -0.2) is 44.4 Å². The van der Waals surface area contributed by atoms with Crippen molar-refractivity contribution in [2.24, 2.45) is 0 Å². The lowest BCUT2D eigenvalue weighted by atomic mass is 10.1. The Kier molecular flexibility index (Phi) is 4.94. The van der Waals surface area contributed by atoms with E-state index in [0.717, 1.165) is 5.69 Å². The summed E-state index contributed by atoms with van der Waals surface area (Å²) in [4.78, 5) is 24.3. The van der Waals surface area contributed by atoms with Gasteiger partial charge in [0.2, 0.25) is 17.9 Å². The van der Waals surface area contributed by atoms with E-state index < -0.39 is 0 Å². The quantitative estimate of drug-likeness (QED) is 0.499. The SMILES string of the molecule is CC(=O)c1cc2c(cc1NC(=O)CSc1nnnn1-c1ccccc1)OCO2. The number of ketones is 1. The summed E-state index contributed by atoms with van der Waals surface area (Å²) in [5, 5.41) is 14.8. The number of hydrogen-bond acceptors (Lipinski definition) is 8. The van der Waals surface area contributed by atoms with Crippen molar-refractivity contribution in [2.75, 3.05) is 17.9 Å². The summed E-state index contributed by atoms with van der Waals surface area (Å²) in [6.07, 6.45) is 0. The molecular formula is C18H15N5O4S. The Morgan fingerprint density at radius 2 is 1.93 bits per heavy atom. The standard InChI is InChI=1S/C18H15N5O4S/c1-11(24)13-7-15-16(27-10-26-15)8-14(13)19-17(25)9-28-18-20-21-22-23(18)12-5-3-2-4-6-12/h2-8H,9-10H2,1H3,(H,19,25). The highest BCUT2D eigenvalue weighted by molar-refractivity contribution is 7.99. The maximum atomic E-state index is 12.4. The molecule has 0 bridgehead atoms. The lowest BCUT2D eigenvalue weighted by Gasteiger charge is -2.10. The van der Waals surface area contributed by atoms with Gasteiger partial charge < -0.3 is 14.8 Å². The van der Waals surface area contributed by atoms with Gasteiger partial charge in [-0.15, -0.1) is 5.10 Å². The highest BCUT2D eigenvalue weighted by atomic mass is 32.2. The van der Waals surface area contributed by atoms with Crippen molar-refractivity contribution in [1.82, 2.24) is 20.2 Å². The normalized spacial score (nSPS) is 12.0. The van der Waals surface area contributed by atoms with Crippen LogP contribution >= 0.6 is 11.8 Å². The van der Waals surface area contributed by atoms with Crippen LogP contribution in [0.15, 0.2) is 47.6 Å². The molecule has 3 aromatic rings. The number of amides is 1. The van der Waals surface area contributed by atoms with Gasteiger partial charge in [0.05, 0.1) is 17.1 Å². The van der Waals surface area contributed by atoms with E-state index in [1.165, 1.54) is 18.7 Å². The van der Waals surface area contributed by atoms with Crippen LogP contribution in [-0.2, 0) is 4.79 Å². The fraction of sp³-hybridized carbons (Fsp3) is 0.167. The van der Waals surface area contributed by atoms with E-state index in [4.69, 9.17) is 9.47 Å². The number of aromatic nitrogens is 4. The number of thioether (sulfide) groups is 1. The fourth-order valence-corrected chi connectivity index (χ4v) is 3.34. The van der Waals surface area contributed by atoms with E-state index in [9.17, 15) is 9.59 Å². The Morgan fingerprint density at radius 1 is 1.18 bits per heavy atom. The average molecular weight is 397 g/mol. The molecule has 4 rings (SSSR count). The molecule has 0 saturated carbocycles. The maximum Gasteiger partial charge on any atom is 0.234 e. The van der Waals surface area contributed by atoms with Crippen molar-refractivity contribution in [1.29, 1.82) is 0 Å². The third-order valence-electron chi connectivity index (χ3n) is 3.94. The Balaban J connectivity index is 1.47. The molecule has 10 heteroatoms. The minimum atomic E-state index is -0.297. The van der Waals surface area contributed by atoms with Gasteiger partial charge in [-0.3, -0.25) is 9.59 Å². The highest BCUT2D eigenvalue weighted by Gasteiger charge is 2.21. The first-order valence-corrected chi connectivity index (χ1v) is 9.31.